The third-order valence-electron chi connectivity index (χ3n) is 4.38. The number of rotatable bonds is 7. The number of thiophene rings is 1. The fraction of sp³-hybridized carbons (Fsp3) is 0.400. The first-order chi connectivity index (χ1) is 12.5. The number of carbonyl (C=O) groups is 2. The summed E-state index contributed by atoms with van der Waals surface area (Å²) in [6, 6.07) is 9.67. The molecule has 1 saturated carbocycles. The molecule has 1 unspecified atom stereocenters. The van der Waals surface area contributed by atoms with Gasteiger partial charge in [-0.3, -0.25) is 9.59 Å². The zero-order chi connectivity index (χ0) is 18.7. The van der Waals surface area contributed by atoms with E-state index in [0.717, 1.165) is 35.5 Å². The van der Waals surface area contributed by atoms with Gasteiger partial charge >= 0.3 is 0 Å². The quantitative estimate of drug-likeness (QED) is 0.612. The zero-order valence-corrected chi connectivity index (χ0v) is 16.9. The molecule has 0 bridgehead atoms. The van der Waals surface area contributed by atoms with Crippen LogP contribution < -0.4 is 10.6 Å². The number of benzene rings is 1. The van der Waals surface area contributed by atoms with Gasteiger partial charge in [0.15, 0.2) is 0 Å². The van der Waals surface area contributed by atoms with Gasteiger partial charge in [0.05, 0.1) is 9.88 Å². The van der Waals surface area contributed by atoms with E-state index in [9.17, 15) is 9.59 Å². The summed E-state index contributed by atoms with van der Waals surface area (Å²) in [7, 11) is 0. The van der Waals surface area contributed by atoms with Gasteiger partial charge < -0.3 is 10.6 Å². The molecule has 6 heteroatoms. The summed E-state index contributed by atoms with van der Waals surface area (Å²) in [6.45, 7) is 6.40. The smallest absolute Gasteiger partial charge is 0.265 e. The number of carbonyl (C=O) groups excluding carboxylic acids is 2. The standard InChI is InChI=1S/C20H24N2O2S2/c1-4-13(3)25-15-7-8-16(12(2)11-15)21-20(24)17-9-10-18(26-17)22-19(23)14-5-6-14/h7-11,13-14H,4-6H2,1-3H3,(H,21,24)(H,22,23). The second-order valence-corrected chi connectivity index (χ2v) is 9.29. The highest BCUT2D eigenvalue weighted by molar-refractivity contribution is 7.99. The van der Waals surface area contributed by atoms with Crippen LogP contribution in [-0.2, 0) is 4.79 Å². The summed E-state index contributed by atoms with van der Waals surface area (Å²) in [5.41, 5.74) is 1.87. The average Bonchev–Trinajstić information content (AvgIpc) is 3.37. The van der Waals surface area contributed by atoms with Gasteiger partial charge in [-0.15, -0.1) is 23.1 Å². The van der Waals surface area contributed by atoms with Crippen LogP contribution in [-0.4, -0.2) is 17.1 Å². The molecule has 1 fully saturated rings. The third-order valence-corrected chi connectivity index (χ3v) is 6.64. The van der Waals surface area contributed by atoms with Crippen LogP contribution in [0.5, 0.6) is 0 Å². The number of thioether (sulfide) groups is 1. The van der Waals surface area contributed by atoms with Crippen LogP contribution >= 0.6 is 23.1 Å². The Balaban J connectivity index is 1.62. The number of nitrogens with one attached hydrogen (secondary N) is 2. The van der Waals surface area contributed by atoms with Gasteiger partial charge in [-0.2, -0.15) is 0 Å². The van der Waals surface area contributed by atoms with E-state index in [2.05, 4.69) is 36.6 Å². The van der Waals surface area contributed by atoms with Crippen LogP contribution in [0.25, 0.3) is 0 Å². The minimum absolute atomic E-state index is 0.0593. The number of anilines is 2. The Bertz CT molecular complexity index is 812. The van der Waals surface area contributed by atoms with Gasteiger partial charge in [-0.05, 0) is 62.1 Å². The topological polar surface area (TPSA) is 58.2 Å². The summed E-state index contributed by atoms with van der Waals surface area (Å²) >= 11 is 3.15. The maximum atomic E-state index is 12.5. The first-order valence-corrected chi connectivity index (χ1v) is 10.6. The van der Waals surface area contributed by atoms with Gasteiger partial charge in [0.2, 0.25) is 5.91 Å². The summed E-state index contributed by atoms with van der Waals surface area (Å²) in [5.74, 6) is 0.0697. The molecule has 1 aromatic heterocycles. The highest BCUT2D eigenvalue weighted by atomic mass is 32.2. The normalized spacial score (nSPS) is 14.7. The van der Waals surface area contributed by atoms with E-state index in [1.165, 1.54) is 16.2 Å². The van der Waals surface area contributed by atoms with Crippen molar-refractivity contribution in [3.8, 4) is 0 Å². The maximum Gasteiger partial charge on any atom is 0.265 e. The Morgan fingerprint density at radius 2 is 2.00 bits per heavy atom. The molecule has 1 atom stereocenters. The molecule has 0 saturated heterocycles. The van der Waals surface area contributed by atoms with Crippen LogP contribution in [0.15, 0.2) is 35.2 Å². The molecule has 26 heavy (non-hydrogen) atoms. The number of aryl methyl sites for hydroxylation is 1. The Morgan fingerprint density at radius 3 is 2.65 bits per heavy atom. The molecule has 0 radical (unpaired) electrons. The van der Waals surface area contributed by atoms with Crippen molar-refractivity contribution in [1.29, 1.82) is 0 Å². The lowest BCUT2D eigenvalue weighted by molar-refractivity contribution is -0.117. The van der Waals surface area contributed by atoms with E-state index in [1.807, 2.05) is 24.8 Å². The molecule has 2 aromatic rings. The molecule has 2 amide bonds. The summed E-state index contributed by atoms with van der Waals surface area (Å²) in [5, 5.41) is 7.15. The monoisotopic (exact) mass is 388 g/mol. The van der Waals surface area contributed by atoms with Gasteiger partial charge in [0.1, 0.15) is 0 Å². The predicted octanol–water partition coefficient (Wildman–Crippen LogP) is 5.55. The van der Waals surface area contributed by atoms with Crippen LogP contribution in [0.4, 0.5) is 10.7 Å². The molecule has 1 aliphatic carbocycles. The Morgan fingerprint density at radius 1 is 1.23 bits per heavy atom. The maximum absolute atomic E-state index is 12.5. The van der Waals surface area contributed by atoms with Gasteiger partial charge in [-0.1, -0.05) is 13.8 Å². The molecular formula is C20H24N2O2S2. The molecule has 3 rings (SSSR count). The first kappa shape index (κ1) is 19.0. The van der Waals surface area contributed by atoms with E-state index in [1.54, 1.807) is 12.1 Å². The molecule has 138 valence electrons. The molecule has 2 N–H and O–H groups in total. The Kier molecular flexibility index (Phi) is 6.04. The van der Waals surface area contributed by atoms with Crippen LogP contribution in [0.3, 0.4) is 0 Å². The van der Waals surface area contributed by atoms with Crippen LogP contribution in [0, 0.1) is 12.8 Å². The van der Waals surface area contributed by atoms with E-state index in [4.69, 9.17) is 0 Å². The SMILES string of the molecule is CCC(C)Sc1ccc(NC(=O)c2ccc(NC(=O)C3CC3)s2)c(C)c1. The van der Waals surface area contributed by atoms with Crippen molar-refractivity contribution in [2.75, 3.05) is 10.6 Å². The van der Waals surface area contributed by atoms with Crippen molar-refractivity contribution >= 4 is 45.6 Å². The number of amides is 2. The van der Waals surface area contributed by atoms with Gasteiger partial charge in [0, 0.05) is 21.8 Å². The molecule has 1 aliphatic rings. The molecule has 1 aromatic carbocycles. The second-order valence-electron chi connectivity index (χ2n) is 6.69. The third kappa shape index (κ3) is 4.89. The summed E-state index contributed by atoms with van der Waals surface area (Å²) in [4.78, 5) is 26.1. The van der Waals surface area contributed by atoms with E-state index in [-0.39, 0.29) is 17.7 Å². The van der Waals surface area contributed by atoms with Crippen molar-refractivity contribution in [2.45, 2.75) is 50.2 Å². The fourth-order valence-electron chi connectivity index (χ4n) is 2.45. The molecule has 4 nitrogen and oxygen atoms in total. The van der Waals surface area contributed by atoms with Crippen molar-refractivity contribution < 1.29 is 9.59 Å². The van der Waals surface area contributed by atoms with Crippen molar-refractivity contribution in [1.82, 2.24) is 0 Å². The minimum atomic E-state index is -0.146. The van der Waals surface area contributed by atoms with Crippen molar-refractivity contribution in [3.63, 3.8) is 0 Å². The Hall–Kier alpha value is -1.79. The zero-order valence-electron chi connectivity index (χ0n) is 15.3. The molecule has 0 aliphatic heterocycles. The lowest BCUT2D eigenvalue weighted by Gasteiger charge is -2.12. The van der Waals surface area contributed by atoms with E-state index in [0.29, 0.717) is 10.1 Å². The Labute approximate surface area is 162 Å². The highest BCUT2D eigenvalue weighted by Gasteiger charge is 2.29. The number of hydrogen-bond donors (Lipinski definition) is 2. The highest BCUT2D eigenvalue weighted by Crippen LogP contribution is 2.32. The van der Waals surface area contributed by atoms with E-state index < -0.39 is 0 Å². The number of hydrogen-bond acceptors (Lipinski definition) is 4. The van der Waals surface area contributed by atoms with E-state index >= 15 is 0 Å². The van der Waals surface area contributed by atoms with Gasteiger partial charge in [-0.25, -0.2) is 0 Å². The molecule has 0 spiro atoms. The lowest BCUT2D eigenvalue weighted by atomic mass is 10.2. The summed E-state index contributed by atoms with van der Waals surface area (Å²) in [6.07, 6.45) is 3.06. The minimum Gasteiger partial charge on any atom is -0.321 e. The van der Waals surface area contributed by atoms with Crippen molar-refractivity contribution in [3.05, 3.63) is 40.8 Å². The first-order valence-electron chi connectivity index (χ1n) is 8.95. The average molecular weight is 389 g/mol. The van der Waals surface area contributed by atoms with Crippen LogP contribution in [0.2, 0.25) is 0 Å². The van der Waals surface area contributed by atoms with Crippen LogP contribution in [0.1, 0.15) is 48.3 Å². The second kappa shape index (κ2) is 8.27. The van der Waals surface area contributed by atoms with Crippen molar-refractivity contribution in [2.24, 2.45) is 5.92 Å². The largest absolute Gasteiger partial charge is 0.321 e. The molecule has 1 heterocycles. The predicted molar refractivity (Wildman–Crippen MR) is 110 cm³/mol. The lowest BCUT2D eigenvalue weighted by Crippen LogP contribution is -2.12. The fourth-order valence-corrected chi connectivity index (χ4v) is 4.27. The molecular weight excluding hydrogens is 364 g/mol. The van der Waals surface area contributed by atoms with Gasteiger partial charge in [0.25, 0.3) is 5.91 Å². The summed E-state index contributed by atoms with van der Waals surface area (Å²) < 4.78 is 0.